The van der Waals surface area contributed by atoms with Gasteiger partial charge in [-0.3, -0.25) is 0 Å². The predicted molar refractivity (Wildman–Crippen MR) is 60.7 cm³/mol. The van der Waals surface area contributed by atoms with Crippen molar-refractivity contribution in [1.29, 1.82) is 0 Å². The van der Waals surface area contributed by atoms with E-state index in [0.717, 1.165) is 0 Å². The highest BCUT2D eigenvalue weighted by atomic mass is 15.1. The zero-order valence-corrected chi connectivity index (χ0v) is 8.64. The molecule has 0 N–H and O–H groups in total. The number of hydrogen-bond donors (Lipinski definition) is 0. The second-order valence-corrected chi connectivity index (χ2v) is 3.78. The van der Waals surface area contributed by atoms with E-state index in [1.807, 2.05) is 0 Å². The van der Waals surface area contributed by atoms with Crippen LogP contribution in [-0.2, 0) is 0 Å². The topological polar surface area (TPSA) is 3.24 Å². The molecule has 0 aliphatic heterocycles. The molecule has 1 fully saturated rings. The Bertz CT molecular complexity index is 281. The largest absolute Gasteiger partial charge is 0.378 e. The van der Waals surface area contributed by atoms with Gasteiger partial charge in [0.2, 0.25) is 0 Å². The summed E-state index contributed by atoms with van der Waals surface area (Å²) in [5.41, 5.74) is 2.61. The summed E-state index contributed by atoms with van der Waals surface area (Å²) in [4.78, 5) is 2.12. The number of hydrogen-bond acceptors (Lipinski definition) is 1. The Balaban J connectivity index is 2.12. The average molecular weight is 185 g/mol. The number of anilines is 1. The van der Waals surface area contributed by atoms with Gasteiger partial charge in [-0.15, -0.1) is 0 Å². The molecule has 0 spiro atoms. The summed E-state index contributed by atoms with van der Waals surface area (Å²) in [6.07, 6.45) is 8.63. The predicted octanol–water partition coefficient (Wildman–Crippen LogP) is 2.67. The van der Waals surface area contributed by atoms with Crippen LogP contribution in [0.5, 0.6) is 0 Å². The SMILES string of the molecule is CN(C)c1ccc(C2[CH][CH][CH][CH]2)cc1. The van der Waals surface area contributed by atoms with Gasteiger partial charge in [0.1, 0.15) is 0 Å². The highest BCUT2D eigenvalue weighted by Crippen LogP contribution is 2.31. The quantitative estimate of drug-likeness (QED) is 0.684. The van der Waals surface area contributed by atoms with E-state index in [0.29, 0.717) is 5.92 Å². The second-order valence-electron chi connectivity index (χ2n) is 3.78. The van der Waals surface area contributed by atoms with Gasteiger partial charge >= 0.3 is 0 Å². The Morgan fingerprint density at radius 1 is 0.929 bits per heavy atom. The van der Waals surface area contributed by atoms with Crippen molar-refractivity contribution in [3.63, 3.8) is 0 Å². The molecule has 1 aliphatic carbocycles. The monoisotopic (exact) mass is 185 g/mol. The first-order chi connectivity index (χ1) is 6.77. The lowest BCUT2D eigenvalue weighted by Crippen LogP contribution is -2.08. The van der Waals surface area contributed by atoms with Crippen LogP contribution in [0.15, 0.2) is 24.3 Å². The van der Waals surface area contributed by atoms with Crippen LogP contribution in [0.3, 0.4) is 0 Å². The molecule has 1 heteroatoms. The molecule has 0 heterocycles. The fourth-order valence-electron chi connectivity index (χ4n) is 1.65. The lowest BCUT2D eigenvalue weighted by atomic mass is 9.97. The second kappa shape index (κ2) is 4.04. The Kier molecular flexibility index (Phi) is 2.76. The average Bonchev–Trinajstić information content (AvgIpc) is 2.71. The summed E-state index contributed by atoms with van der Waals surface area (Å²) in [6.45, 7) is 0. The van der Waals surface area contributed by atoms with Gasteiger partial charge in [-0.25, -0.2) is 0 Å². The lowest BCUT2D eigenvalue weighted by molar-refractivity contribution is 0.999. The molecule has 1 nitrogen and oxygen atoms in total. The maximum absolute atomic E-state index is 2.21. The molecule has 0 bridgehead atoms. The first-order valence-corrected chi connectivity index (χ1v) is 4.89. The van der Waals surface area contributed by atoms with Gasteiger partial charge in [0.05, 0.1) is 0 Å². The summed E-state index contributed by atoms with van der Waals surface area (Å²) >= 11 is 0. The van der Waals surface area contributed by atoms with Crippen LogP contribution in [0, 0.1) is 25.7 Å². The van der Waals surface area contributed by atoms with Crippen LogP contribution in [0.4, 0.5) is 5.69 Å². The fourth-order valence-corrected chi connectivity index (χ4v) is 1.65. The van der Waals surface area contributed by atoms with Crippen molar-refractivity contribution in [3.8, 4) is 0 Å². The summed E-state index contributed by atoms with van der Waals surface area (Å²) in [6, 6.07) is 8.71. The molecule has 14 heavy (non-hydrogen) atoms. The molecular weight excluding hydrogens is 170 g/mol. The smallest absolute Gasteiger partial charge is 0.0361 e. The molecule has 1 saturated carbocycles. The maximum Gasteiger partial charge on any atom is 0.0361 e. The normalized spacial score (nSPS) is 17.3. The molecule has 1 aliphatic rings. The van der Waals surface area contributed by atoms with Crippen molar-refractivity contribution in [2.75, 3.05) is 19.0 Å². The first kappa shape index (κ1) is 9.57. The van der Waals surface area contributed by atoms with E-state index in [2.05, 4.69) is 68.9 Å². The molecule has 4 radical (unpaired) electrons. The minimum Gasteiger partial charge on any atom is -0.378 e. The Hall–Kier alpha value is -0.980. The molecule has 2 rings (SSSR count). The van der Waals surface area contributed by atoms with E-state index >= 15 is 0 Å². The lowest BCUT2D eigenvalue weighted by Gasteiger charge is -2.14. The van der Waals surface area contributed by atoms with Gasteiger partial charge in [0.25, 0.3) is 0 Å². The van der Waals surface area contributed by atoms with Crippen molar-refractivity contribution in [2.45, 2.75) is 5.92 Å². The standard InChI is InChI=1S/C13H15N/c1-14(2)13-9-7-12(8-10-13)11-5-3-4-6-11/h3-11H,1-2H3. The van der Waals surface area contributed by atoms with E-state index < -0.39 is 0 Å². The van der Waals surface area contributed by atoms with Crippen LogP contribution < -0.4 is 4.90 Å². The molecule has 1 aromatic rings. The molecule has 0 atom stereocenters. The molecule has 72 valence electrons. The van der Waals surface area contributed by atoms with E-state index in [4.69, 9.17) is 0 Å². The van der Waals surface area contributed by atoms with Gasteiger partial charge in [0.15, 0.2) is 0 Å². The molecule has 0 saturated heterocycles. The van der Waals surface area contributed by atoms with E-state index in [1.165, 1.54) is 11.3 Å². The Labute approximate surface area is 86.7 Å². The summed E-state index contributed by atoms with van der Waals surface area (Å²) in [5, 5.41) is 0. The van der Waals surface area contributed by atoms with Gasteiger partial charge in [0, 0.05) is 19.8 Å². The summed E-state index contributed by atoms with van der Waals surface area (Å²) in [7, 11) is 4.12. The van der Waals surface area contributed by atoms with Crippen LogP contribution in [-0.4, -0.2) is 14.1 Å². The number of rotatable bonds is 2. The number of nitrogens with zero attached hydrogens (tertiary/aromatic N) is 1. The Morgan fingerprint density at radius 3 is 2.00 bits per heavy atom. The van der Waals surface area contributed by atoms with E-state index in [9.17, 15) is 0 Å². The van der Waals surface area contributed by atoms with Crippen LogP contribution in [0.2, 0.25) is 0 Å². The highest BCUT2D eigenvalue weighted by molar-refractivity contribution is 5.48. The molecule has 1 aromatic carbocycles. The van der Waals surface area contributed by atoms with Crippen LogP contribution in [0.25, 0.3) is 0 Å². The maximum atomic E-state index is 2.21. The number of benzene rings is 1. The van der Waals surface area contributed by atoms with Crippen LogP contribution >= 0.6 is 0 Å². The Morgan fingerprint density at radius 2 is 1.50 bits per heavy atom. The van der Waals surface area contributed by atoms with Gasteiger partial charge in [-0.2, -0.15) is 0 Å². The van der Waals surface area contributed by atoms with Crippen molar-refractivity contribution in [3.05, 3.63) is 55.5 Å². The minimum absolute atomic E-state index is 0.478. The van der Waals surface area contributed by atoms with Crippen molar-refractivity contribution in [2.24, 2.45) is 0 Å². The molecule has 0 unspecified atom stereocenters. The fraction of sp³-hybridized carbons (Fsp3) is 0.231. The third-order valence-electron chi connectivity index (χ3n) is 2.54. The van der Waals surface area contributed by atoms with Gasteiger partial charge in [-0.1, -0.05) is 12.1 Å². The van der Waals surface area contributed by atoms with Gasteiger partial charge < -0.3 is 4.90 Å². The first-order valence-electron chi connectivity index (χ1n) is 4.89. The molecule has 0 aromatic heterocycles. The zero-order chi connectivity index (χ0) is 9.97. The molecular formula is C13H15N. The van der Waals surface area contributed by atoms with Crippen LogP contribution in [0.1, 0.15) is 11.5 Å². The van der Waals surface area contributed by atoms with Crippen molar-refractivity contribution in [1.82, 2.24) is 0 Å². The summed E-state index contributed by atoms with van der Waals surface area (Å²) < 4.78 is 0. The molecule has 0 amide bonds. The van der Waals surface area contributed by atoms with Gasteiger partial charge in [-0.05, 0) is 49.3 Å². The minimum atomic E-state index is 0.478. The third-order valence-corrected chi connectivity index (χ3v) is 2.54. The van der Waals surface area contributed by atoms with Crippen molar-refractivity contribution < 1.29 is 0 Å². The third kappa shape index (κ3) is 1.92. The highest BCUT2D eigenvalue weighted by Gasteiger charge is 2.17. The summed E-state index contributed by atoms with van der Waals surface area (Å²) in [5.74, 6) is 0.478. The van der Waals surface area contributed by atoms with E-state index in [-0.39, 0.29) is 0 Å². The van der Waals surface area contributed by atoms with Crippen molar-refractivity contribution >= 4 is 5.69 Å². The zero-order valence-electron chi connectivity index (χ0n) is 8.64. The van der Waals surface area contributed by atoms with E-state index in [1.54, 1.807) is 0 Å².